The minimum atomic E-state index is -3.88. The number of hydrogen-bond donors (Lipinski definition) is 1. The molecule has 0 saturated heterocycles. The van der Waals surface area contributed by atoms with E-state index in [-0.39, 0.29) is 35.5 Å². The number of carbonyl (C=O) groups excluding carboxylic acids is 1. The highest BCUT2D eigenvalue weighted by Gasteiger charge is 2.26. The van der Waals surface area contributed by atoms with Crippen LogP contribution in [0.4, 0.5) is 5.69 Å². The van der Waals surface area contributed by atoms with Crippen LogP contribution in [0.25, 0.3) is 10.7 Å². The summed E-state index contributed by atoms with van der Waals surface area (Å²) in [4.78, 5) is 16.6. The first-order valence-electron chi connectivity index (χ1n) is 8.67. The smallest absolute Gasteiger partial charge is 0.243 e. The molecule has 0 atom stereocenters. The van der Waals surface area contributed by atoms with Crippen LogP contribution in [0.2, 0.25) is 0 Å². The minimum absolute atomic E-state index is 0.0156. The van der Waals surface area contributed by atoms with Crippen molar-refractivity contribution in [3.05, 3.63) is 41.6 Å². The van der Waals surface area contributed by atoms with Crippen LogP contribution in [0.1, 0.15) is 19.7 Å². The first-order chi connectivity index (χ1) is 13.8. The highest BCUT2D eigenvalue weighted by molar-refractivity contribution is 7.89. The Labute approximate surface area is 172 Å². The Morgan fingerprint density at radius 3 is 2.76 bits per heavy atom. The standard InChI is InChI=1S/C18H20N4O5S2/c1-4-22(11-17-20-18(21-27-17)16-6-5-9-28-16)29(24,25)13-7-8-15(26-3)14(10-13)19-12(2)23/h5-10H,4,11H2,1-3H3,(H,19,23). The Kier molecular flexibility index (Phi) is 6.30. The van der Waals surface area contributed by atoms with Crippen molar-refractivity contribution in [3.63, 3.8) is 0 Å². The molecule has 0 saturated carbocycles. The van der Waals surface area contributed by atoms with Gasteiger partial charge in [0.05, 0.1) is 29.1 Å². The zero-order valence-electron chi connectivity index (χ0n) is 16.1. The number of rotatable bonds is 8. The van der Waals surface area contributed by atoms with Gasteiger partial charge < -0.3 is 14.6 Å². The van der Waals surface area contributed by atoms with Gasteiger partial charge in [-0.25, -0.2) is 8.42 Å². The largest absolute Gasteiger partial charge is 0.495 e. The molecule has 1 aromatic carbocycles. The van der Waals surface area contributed by atoms with Crippen LogP contribution in [-0.2, 0) is 21.4 Å². The van der Waals surface area contributed by atoms with Crippen LogP contribution in [0.15, 0.2) is 45.1 Å². The average Bonchev–Trinajstić information content (AvgIpc) is 3.37. The number of methoxy groups -OCH3 is 1. The molecule has 3 rings (SSSR count). The van der Waals surface area contributed by atoms with Crippen LogP contribution in [0, 0.1) is 0 Å². The van der Waals surface area contributed by atoms with Gasteiger partial charge in [-0.3, -0.25) is 4.79 Å². The average molecular weight is 437 g/mol. The monoisotopic (exact) mass is 436 g/mol. The van der Waals surface area contributed by atoms with Gasteiger partial charge in [0.15, 0.2) is 0 Å². The number of sulfonamides is 1. The van der Waals surface area contributed by atoms with Crippen molar-refractivity contribution < 1.29 is 22.5 Å². The Hall–Kier alpha value is -2.76. The van der Waals surface area contributed by atoms with Gasteiger partial charge in [0.25, 0.3) is 0 Å². The van der Waals surface area contributed by atoms with E-state index in [2.05, 4.69) is 15.5 Å². The quantitative estimate of drug-likeness (QED) is 0.577. The molecule has 11 heteroatoms. The fraction of sp³-hybridized carbons (Fsp3) is 0.278. The summed E-state index contributed by atoms with van der Waals surface area (Å²) < 4.78 is 37.9. The molecule has 0 radical (unpaired) electrons. The van der Waals surface area contributed by atoms with Crippen molar-refractivity contribution in [1.29, 1.82) is 0 Å². The van der Waals surface area contributed by atoms with E-state index in [0.29, 0.717) is 11.6 Å². The first-order valence-corrected chi connectivity index (χ1v) is 11.0. The molecule has 1 amide bonds. The van der Waals surface area contributed by atoms with Crippen LogP contribution in [0.5, 0.6) is 5.75 Å². The summed E-state index contributed by atoms with van der Waals surface area (Å²) in [5.74, 6) is 0.632. The van der Waals surface area contributed by atoms with Crippen LogP contribution < -0.4 is 10.1 Å². The van der Waals surface area contributed by atoms with Gasteiger partial charge in [-0.15, -0.1) is 11.3 Å². The molecule has 0 spiro atoms. The van der Waals surface area contributed by atoms with Crippen molar-refractivity contribution in [3.8, 4) is 16.5 Å². The lowest BCUT2D eigenvalue weighted by atomic mass is 10.3. The van der Waals surface area contributed by atoms with Crippen LogP contribution >= 0.6 is 11.3 Å². The maximum absolute atomic E-state index is 13.1. The lowest BCUT2D eigenvalue weighted by Crippen LogP contribution is -2.30. The fourth-order valence-electron chi connectivity index (χ4n) is 2.63. The second kappa shape index (κ2) is 8.72. The van der Waals surface area contributed by atoms with E-state index in [9.17, 15) is 13.2 Å². The van der Waals surface area contributed by atoms with Gasteiger partial charge in [0.1, 0.15) is 5.75 Å². The lowest BCUT2D eigenvalue weighted by molar-refractivity contribution is -0.114. The minimum Gasteiger partial charge on any atom is -0.495 e. The first kappa shape index (κ1) is 21.0. The summed E-state index contributed by atoms with van der Waals surface area (Å²) in [7, 11) is -2.44. The zero-order valence-corrected chi connectivity index (χ0v) is 17.7. The van der Waals surface area contributed by atoms with E-state index in [4.69, 9.17) is 9.26 Å². The SMILES string of the molecule is CCN(Cc1nc(-c2cccs2)no1)S(=O)(=O)c1ccc(OC)c(NC(C)=O)c1. The molecule has 0 unspecified atom stereocenters. The molecule has 29 heavy (non-hydrogen) atoms. The summed E-state index contributed by atoms with van der Waals surface area (Å²) in [6.07, 6.45) is 0. The normalized spacial score (nSPS) is 11.6. The number of ether oxygens (including phenoxy) is 1. The van der Waals surface area contributed by atoms with E-state index in [1.54, 1.807) is 6.92 Å². The van der Waals surface area contributed by atoms with Gasteiger partial charge in [0.2, 0.25) is 27.6 Å². The summed E-state index contributed by atoms with van der Waals surface area (Å²) in [6.45, 7) is 3.17. The molecule has 9 nitrogen and oxygen atoms in total. The van der Waals surface area contributed by atoms with Gasteiger partial charge in [-0.05, 0) is 29.6 Å². The molecule has 0 aliphatic heterocycles. The molecular formula is C18H20N4O5S2. The van der Waals surface area contributed by atoms with Crippen molar-refractivity contribution >= 4 is 33.0 Å². The Morgan fingerprint density at radius 1 is 1.34 bits per heavy atom. The van der Waals surface area contributed by atoms with E-state index < -0.39 is 10.0 Å². The van der Waals surface area contributed by atoms with Crippen molar-refractivity contribution in [2.75, 3.05) is 19.0 Å². The number of nitrogens with zero attached hydrogens (tertiary/aromatic N) is 3. The number of carbonyl (C=O) groups is 1. The van der Waals surface area contributed by atoms with Gasteiger partial charge in [0, 0.05) is 13.5 Å². The third-order valence-corrected chi connectivity index (χ3v) is 6.78. The number of aromatic nitrogens is 2. The Bertz CT molecular complexity index is 1090. The fourth-order valence-corrected chi connectivity index (χ4v) is 4.70. The van der Waals surface area contributed by atoms with E-state index in [0.717, 1.165) is 4.88 Å². The number of benzene rings is 1. The molecular weight excluding hydrogens is 416 g/mol. The summed E-state index contributed by atoms with van der Waals surface area (Å²) in [5, 5.41) is 8.38. The molecule has 1 N–H and O–H groups in total. The molecule has 154 valence electrons. The van der Waals surface area contributed by atoms with Gasteiger partial charge in [-0.1, -0.05) is 18.1 Å². The van der Waals surface area contributed by atoms with E-state index >= 15 is 0 Å². The molecule has 0 aliphatic carbocycles. The zero-order chi connectivity index (χ0) is 21.0. The predicted molar refractivity (Wildman–Crippen MR) is 108 cm³/mol. The third-order valence-electron chi connectivity index (χ3n) is 3.99. The van der Waals surface area contributed by atoms with E-state index in [1.165, 1.54) is 47.9 Å². The molecule has 2 aromatic heterocycles. The number of amides is 1. The number of thiophene rings is 1. The predicted octanol–water partition coefficient (Wildman–Crippen LogP) is 2.98. The second-order valence-corrected chi connectivity index (χ2v) is 8.85. The highest BCUT2D eigenvalue weighted by atomic mass is 32.2. The van der Waals surface area contributed by atoms with Crippen LogP contribution in [-0.4, -0.2) is 42.4 Å². The van der Waals surface area contributed by atoms with Crippen molar-refractivity contribution in [2.24, 2.45) is 0 Å². The van der Waals surface area contributed by atoms with Crippen molar-refractivity contribution in [2.45, 2.75) is 25.3 Å². The Morgan fingerprint density at radius 2 is 2.14 bits per heavy atom. The maximum atomic E-state index is 13.1. The molecule has 0 aliphatic rings. The Balaban J connectivity index is 1.87. The summed E-state index contributed by atoms with van der Waals surface area (Å²) in [6, 6.07) is 8.01. The maximum Gasteiger partial charge on any atom is 0.243 e. The summed E-state index contributed by atoms with van der Waals surface area (Å²) in [5.41, 5.74) is 0.273. The molecule has 0 bridgehead atoms. The lowest BCUT2D eigenvalue weighted by Gasteiger charge is -2.19. The second-order valence-electron chi connectivity index (χ2n) is 5.96. The number of hydrogen-bond acceptors (Lipinski definition) is 8. The molecule has 3 aromatic rings. The van der Waals surface area contributed by atoms with Gasteiger partial charge in [-0.2, -0.15) is 9.29 Å². The third kappa shape index (κ3) is 4.63. The highest BCUT2D eigenvalue weighted by Crippen LogP contribution is 2.29. The summed E-state index contributed by atoms with van der Waals surface area (Å²) >= 11 is 1.46. The van der Waals surface area contributed by atoms with E-state index in [1.807, 2.05) is 17.5 Å². The number of nitrogens with one attached hydrogen (secondary N) is 1. The topological polar surface area (TPSA) is 115 Å². The number of anilines is 1. The van der Waals surface area contributed by atoms with Crippen LogP contribution in [0.3, 0.4) is 0 Å². The molecule has 0 fully saturated rings. The molecule has 2 heterocycles. The van der Waals surface area contributed by atoms with Gasteiger partial charge >= 0.3 is 0 Å². The van der Waals surface area contributed by atoms with Crippen molar-refractivity contribution in [1.82, 2.24) is 14.4 Å².